The standard InChI is InChI=1S/C22H23Cl2N3O4S2/c1-30-18-5-3-15(20(13-18)31-2)11-17-14-32-22(25-17)26-7-9-27(10-8-26)33(28,29)21-6-4-16(23)12-19(21)24/h3-6,12-14H,7-11H2,1-2H3. The number of anilines is 1. The molecule has 0 atom stereocenters. The Balaban J connectivity index is 1.42. The topological polar surface area (TPSA) is 72.0 Å². The Bertz CT molecular complexity index is 1240. The first kappa shape index (κ1) is 24.1. The van der Waals surface area contributed by atoms with E-state index in [9.17, 15) is 8.42 Å². The minimum Gasteiger partial charge on any atom is -0.497 e. The van der Waals surface area contributed by atoms with Gasteiger partial charge in [-0.1, -0.05) is 29.3 Å². The molecule has 0 saturated carbocycles. The number of piperazine rings is 1. The molecule has 0 unspecified atom stereocenters. The molecule has 2 heterocycles. The molecule has 1 saturated heterocycles. The molecule has 3 aromatic rings. The van der Waals surface area contributed by atoms with Crippen LogP contribution in [0.3, 0.4) is 0 Å². The molecule has 1 aliphatic heterocycles. The first-order valence-corrected chi connectivity index (χ1v) is 13.2. The molecule has 2 aromatic carbocycles. The van der Waals surface area contributed by atoms with Crippen molar-refractivity contribution in [2.24, 2.45) is 0 Å². The predicted molar refractivity (Wildman–Crippen MR) is 132 cm³/mol. The second-order valence-corrected chi connectivity index (χ2v) is 11.0. The molecule has 11 heteroatoms. The van der Waals surface area contributed by atoms with Crippen molar-refractivity contribution in [3.63, 3.8) is 0 Å². The number of thiazole rings is 1. The summed E-state index contributed by atoms with van der Waals surface area (Å²) in [6, 6.07) is 10.2. The lowest BCUT2D eigenvalue weighted by molar-refractivity contribution is 0.384. The van der Waals surface area contributed by atoms with E-state index in [4.69, 9.17) is 37.7 Å². The Morgan fingerprint density at radius 2 is 1.79 bits per heavy atom. The van der Waals surface area contributed by atoms with Crippen LogP contribution in [0.2, 0.25) is 10.0 Å². The maximum atomic E-state index is 13.0. The minimum atomic E-state index is -3.69. The fourth-order valence-corrected chi connectivity index (χ4v) is 6.71. The Kier molecular flexibility index (Phi) is 7.35. The second-order valence-electron chi connectivity index (χ2n) is 7.44. The van der Waals surface area contributed by atoms with Crippen LogP contribution in [0.1, 0.15) is 11.3 Å². The van der Waals surface area contributed by atoms with Gasteiger partial charge in [-0.3, -0.25) is 0 Å². The van der Waals surface area contributed by atoms with E-state index in [1.807, 2.05) is 23.6 Å². The Morgan fingerprint density at radius 1 is 1.03 bits per heavy atom. The average Bonchev–Trinajstić information content (AvgIpc) is 3.27. The van der Waals surface area contributed by atoms with E-state index in [1.165, 1.54) is 22.5 Å². The van der Waals surface area contributed by atoms with Crippen LogP contribution in [0, 0.1) is 0 Å². The zero-order chi connectivity index (χ0) is 23.6. The zero-order valence-electron chi connectivity index (χ0n) is 18.1. The number of sulfonamides is 1. The maximum absolute atomic E-state index is 13.0. The molecule has 33 heavy (non-hydrogen) atoms. The van der Waals surface area contributed by atoms with Gasteiger partial charge in [-0.05, 0) is 24.3 Å². The molecule has 7 nitrogen and oxygen atoms in total. The number of nitrogens with zero attached hydrogens (tertiary/aromatic N) is 3. The summed E-state index contributed by atoms with van der Waals surface area (Å²) in [6.45, 7) is 1.79. The molecular formula is C22H23Cl2N3O4S2. The molecule has 0 N–H and O–H groups in total. The average molecular weight is 528 g/mol. The van der Waals surface area contributed by atoms with E-state index in [-0.39, 0.29) is 9.92 Å². The summed E-state index contributed by atoms with van der Waals surface area (Å²) in [4.78, 5) is 6.95. The SMILES string of the molecule is COc1ccc(Cc2csc(N3CCN(S(=O)(=O)c4ccc(Cl)cc4Cl)CC3)n2)c(OC)c1. The van der Waals surface area contributed by atoms with Crippen LogP contribution in [-0.2, 0) is 16.4 Å². The van der Waals surface area contributed by atoms with Gasteiger partial charge in [0.15, 0.2) is 5.13 Å². The summed E-state index contributed by atoms with van der Waals surface area (Å²) in [5.74, 6) is 1.49. The van der Waals surface area contributed by atoms with Crippen molar-refractivity contribution in [2.45, 2.75) is 11.3 Å². The van der Waals surface area contributed by atoms with Crippen LogP contribution in [0.4, 0.5) is 5.13 Å². The fraction of sp³-hybridized carbons (Fsp3) is 0.318. The van der Waals surface area contributed by atoms with Crippen molar-refractivity contribution in [2.75, 3.05) is 45.3 Å². The number of halogens is 2. The lowest BCUT2D eigenvalue weighted by Crippen LogP contribution is -2.48. The van der Waals surface area contributed by atoms with Crippen molar-refractivity contribution in [3.05, 3.63) is 63.1 Å². The summed E-state index contributed by atoms with van der Waals surface area (Å²) in [6.07, 6.45) is 0.632. The number of methoxy groups -OCH3 is 2. The van der Waals surface area contributed by atoms with Gasteiger partial charge in [0.25, 0.3) is 0 Å². The highest BCUT2D eigenvalue weighted by atomic mass is 35.5. The number of hydrogen-bond donors (Lipinski definition) is 0. The van der Waals surface area contributed by atoms with E-state index < -0.39 is 10.0 Å². The molecular weight excluding hydrogens is 505 g/mol. The minimum absolute atomic E-state index is 0.0759. The van der Waals surface area contributed by atoms with Crippen molar-refractivity contribution in [1.29, 1.82) is 0 Å². The van der Waals surface area contributed by atoms with Gasteiger partial charge < -0.3 is 14.4 Å². The third-order valence-corrected chi connectivity index (χ3v) is 8.99. The van der Waals surface area contributed by atoms with Gasteiger partial charge in [0.2, 0.25) is 10.0 Å². The highest BCUT2D eigenvalue weighted by molar-refractivity contribution is 7.89. The molecule has 1 aliphatic rings. The van der Waals surface area contributed by atoms with Gasteiger partial charge in [-0.15, -0.1) is 11.3 Å². The van der Waals surface area contributed by atoms with Gasteiger partial charge in [0, 0.05) is 54.6 Å². The van der Waals surface area contributed by atoms with Crippen LogP contribution in [0.15, 0.2) is 46.7 Å². The predicted octanol–water partition coefficient (Wildman–Crippen LogP) is 4.57. The highest BCUT2D eigenvalue weighted by Gasteiger charge is 2.31. The van der Waals surface area contributed by atoms with Gasteiger partial charge in [-0.25, -0.2) is 13.4 Å². The Labute approximate surface area is 207 Å². The van der Waals surface area contributed by atoms with Crippen molar-refractivity contribution >= 4 is 49.7 Å². The normalized spacial score (nSPS) is 15.0. The van der Waals surface area contributed by atoms with Crippen LogP contribution in [-0.4, -0.2) is 58.1 Å². The van der Waals surface area contributed by atoms with E-state index >= 15 is 0 Å². The van der Waals surface area contributed by atoms with Crippen molar-refractivity contribution in [3.8, 4) is 11.5 Å². The lowest BCUT2D eigenvalue weighted by atomic mass is 10.1. The first-order valence-electron chi connectivity index (χ1n) is 10.2. The summed E-state index contributed by atoms with van der Waals surface area (Å²) in [5.41, 5.74) is 1.95. The second kappa shape index (κ2) is 10.1. The molecule has 1 aromatic heterocycles. The molecule has 0 bridgehead atoms. The summed E-state index contributed by atoms with van der Waals surface area (Å²) < 4.78 is 38.2. The monoisotopic (exact) mass is 527 g/mol. The molecule has 176 valence electrons. The number of hydrogen-bond acceptors (Lipinski definition) is 7. The van der Waals surface area contributed by atoms with Gasteiger partial charge >= 0.3 is 0 Å². The first-order chi connectivity index (χ1) is 15.8. The van der Waals surface area contributed by atoms with E-state index in [0.29, 0.717) is 37.6 Å². The zero-order valence-corrected chi connectivity index (χ0v) is 21.3. The number of rotatable bonds is 7. The van der Waals surface area contributed by atoms with E-state index in [0.717, 1.165) is 27.9 Å². The summed E-state index contributed by atoms with van der Waals surface area (Å²) in [7, 11) is -0.433. The van der Waals surface area contributed by atoms with Crippen molar-refractivity contribution < 1.29 is 17.9 Å². The van der Waals surface area contributed by atoms with Crippen LogP contribution >= 0.6 is 34.5 Å². The molecule has 0 aliphatic carbocycles. The lowest BCUT2D eigenvalue weighted by Gasteiger charge is -2.33. The quantitative estimate of drug-likeness (QED) is 0.448. The number of benzene rings is 2. The van der Waals surface area contributed by atoms with Gasteiger partial charge in [0.05, 0.1) is 24.9 Å². The fourth-order valence-electron chi connectivity index (χ4n) is 3.66. The molecule has 0 amide bonds. The maximum Gasteiger partial charge on any atom is 0.244 e. The largest absolute Gasteiger partial charge is 0.497 e. The number of aromatic nitrogens is 1. The van der Waals surface area contributed by atoms with E-state index in [2.05, 4.69) is 4.90 Å². The Morgan fingerprint density at radius 3 is 2.45 bits per heavy atom. The van der Waals surface area contributed by atoms with Gasteiger partial charge in [0.1, 0.15) is 16.4 Å². The summed E-state index contributed by atoms with van der Waals surface area (Å²) >= 11 is 13.6. The Hall–Kier alpha value is -2.04. The molecule has 0 spiro atoms. The molecule has 0 radical (unpaired) electrons. The van der Waals surface area contributed by atoms with E-state index in [1.54, 1.807) is 25.6 Å². The van der Waals surface area contributed by atoms with Crippen LogP contribution in [0.5, 0.6) is 11.5 Å². The molecule has 4 rings (SSSR count). The summed E-state index contributed by atoms with van der Waals surface area (Å²) in [5, 5.41) is 3.42. The highest BCUT2D eigenvalue weighted by Crippen LogP contribution is 2.31. The number of ether oxygens (including phenoxy) is 2. The van der Waals surface area contributed by atoms with Gasteiger partial charge in [-0.2, -0.15) is 4.31 Å². The molecule has 1 fully saturated rings. The van der Waals surface area contributed by atoms with Crippen LogP contribution < -0.4 is 14.4 Å². The van der Waals surface area contributed by atoms with Crippen molar-refractivity contribution in [1.82, 2.24) is 9.29 Å². The third-order valence-electron chi connectivity index (χ3n) is 5.43. The van der Waals surface area contributed by atoms with Crippen LogP contribution in [0.25, 0.3) is 0 Å². The third kappa shape index (κ3) is 5.22. The smallest absolute Gasteiger partial charge is 0.244 e.